The molecule has 2 aromatic carbocycles. The molecule has 4 rings (SSSR count). The summed E-state index contributed by atoms with van der Waals surface area (Å²) >= 11 is 1.76. The number of thiazole rings is 1. The Bertz CT molecular complexity index is 953. The molecule has 30 heavy (non-hydrogen) atoms. The minimum atomic E-state index is -0.558. The van der Waals surface area contributed by atoms with Gasteiger partial charge >= 0.3 is 0 Å². The number of carbonyl (C=O) groups excluding carboxylic acids is 1. The SMILES string of the molecule is CC(=O)CCc1ccc(OCC(O)CN2CCCC2c2nc3ccccc3s2)cc1. The Kier molecular flexibility index (Phi) is 6.77. The van der Waals surface area contributed by atoms with Crippen LogP contribution in [0, 0.1) is 0 Å². The maximum absolute atomic E-state index is 11.1. The summed E-state index contributed by atoms with van der Waals surface area (Å²) in [5.74, 6) is 0.939. The van der Waals surface area contributed by atoms with Gasteiger partial charge in [0.1, 0.15) is 29.3 Å². The molecule has 1 aliphatic heterocycles. The number of ether oxygens (including phenoxy) is 1. The van der Waals surface area contributed by atoms with E-state index in [1.165, 1.54) is 4.70 Å². The Morgan fingerprint density at radius 2 is 2.07 bits per heavy atom. The van der Waals surface area contributed by atoms with E-state index in [0.29, 0.717) is 13.0 Å². The van der Waals surface area contributed by atoms with Gasteiger partial charge in [0, 0.05) is 13.0 Å². The number of hydrogen-bond donors (Lipinski definition) is 1. The smallest absolute Gasteiger partial charge is 0.130 e. The summed E-state index contributed by atoms with van der Waals surface area (Å²) in [5, 5.41) is 11.7. The van der Waals surface area contributed by atoms with Gasteiger partial charge in [0.05, 0.1) is 16.3 Å². The number of benzene rings is 2. The molecule has 0 amide bonds. The van der Waals surface area contributed by atoms with Crippen LogP contribution in [0.25, 0.3) is 10.2 Å². The summed E-state index contributed by atoms with van der Waals surface area (Å²) in [6.07, 6.45) is 2.95. The number of fused-ring (bicyclic) bond motifs is 1. The zero-order valence-electron chi connectivity index (χ0n) is 17.3. The number of aromatic nitrogens is 1. The molecule has 158 valence electrons. The molecular formula is C24H28N2O3S. The highest BCUT2D eigenvalue weighted by Gasteiger charge is 2.30. The number of hydrogen-bond acceptors (Lipinski definition) is 6. The van der Waals surface area contributed by atoms with Crippen molar-refractivity contribution in [3.8, 4) is 5.75 Å². The van der Waals surface area contributed by atoms with Crippen molar-refractivity contribution >= 4 is 27.3 Å². The summed E-state index contributed by atoms with van der Waals surface area (Å²) in [5.41, 5.74) is 2.17. The van der Waals surface area contributed by atoms with Gasteiger partial charge in [-0.15, -0.1) is 11.3 Å². The second kappa shape index (κ2) is 9.69. The number of carbonyl (C=O) groups is 1. The first-order valence-corrected chi connectivity index (χ1v) is 11.4. The fourth-order valence-corrected chi connectivity index (χ4v) is 5.08. The van der Waals surface area contributed by atoms with Crippen LogP contribution in [0.4, 0.5) is 0 Å². The van der Waals surface area contributed by atoms with E-state index in [1.54, 1.807) is 18.3 Å². The second-order valence-corrected chi connectivity index (χ2v) is 9.05. The van der Waals surface area contributed by atoms with Gasteiger partial charge in [-0.1, -0.05) is 24.3 Å². The number of Topliss-reactive ketones (excluding diaryl/α,β-unsaturated/α-hetero) is 1. The maximum atomic E-state index is 11.1. The topological polar surface area (TPSA) is 62.7 Å². The molecular weight excluding hydrogens is 396 g/mol. The van der Waals surface area contributed by atoms with E-state index >= 15 is 0 Å². The molecule has 5 nitrogen and oxygen atoms in total. The van der Waals surface area contributed by atoms with E-state index in [2.05, 4.69) is 17.0 Å². The van der Waals surface area contributed by atoms with Crippen LogP contribution in [0.5, 0.6) is 5.75 Å². The van der Waals surface area contributed by atoms with Gasteiger partial charge < -0.3 is 14.6 Å². The number of aliphatic hydroxyl groups excluding tert-OH is 1. The van der Waals surface area contributed by atoms with E-state index in [9.17, 15) is 9.90 Å². The van der Waals surface area contributed by atoms with Gasteiger partial charge in [-0.05, 0) is 62.6 Å². The fraction of sp³-hybridized carbons (Fsp3) is 0.417. The standard InChI is InChI=1S/C24H28N2O3S/c1-17(27)8-9-18-10-12-20(13-11-18)29-16-19(28)15-26-14-4-6-22(26)24-25-21-5-2-3-7-23(21)30-24/h2-3,5,7,10-13,19,22,28H,4,6,8-9,14-16H2,1H3. The van der Waals surface area contributed by atoms with Crippen LogP contribution in [0.2, 0.25) is 0 Å². The molecule has 1 saturated heterocycles. The van der Waals surface area contributed by atoms with Crippen LogP contribution in [-0.2, 0) is 11.2 Å². The van der Waals surface area contributed by atoms with E-state index < -0.39 is 6.10 Å². The van der Waals surface area contributed by atoms with Gasteiger partial charge in [-0.25, -0.2) is 4.98 Å². The first-order valence-electron chi connectivity index (χ1n) is 10.6. The molecule has 2 unspecified atom stereocenters. The lowest BCUT2D eigenvalue weighted by atomic mass is 10.1. The number of rotatable bonds is 9. The summed E-state index contributed by atoms with van der Waals surface area (Å²) in [7, 11) is 0. The quantitative estimate of drug-likeness (QED) is 0.552. The van der Waals surface area contributed by atoms with Crippen molar-refractivity contribution < 1.29 is 14.6 Å². The third-order valence-corrected chi connectivity index (χ3v) is 6.67. The zero-order valence-corrected chi connectivity index (χ0v) is 18.1. The van der Waals surface area contributed by atoms with Crippen LogP contribution in [-0.4, -0.2) is 46.6 Å². The average molecular weight is 425 g/mol. The van der Waals surface area contributed by atoms with Gasteiger partial charge in [-0.3, -0.25) is 4.90 Å². The fourth-order valence-electron chi connectivity index (χ4n) is 3.95. The molecule has 2 atom stereocenters. The van der Waals surface area contributed by atoms with Crippen LogP contribution in [0.1, 0.15) is 42.8 Å². The third-order valence-electron chi connectivity index (χ3n) is 5.54. The second-order valence-electron chi connectivity index (χ2n) is 7.98. The van der Waals surface area contributed by atoms with Crippen LogP contribution in [0.15, 0.2) is 48.5 Å². The number of nitrogens with zero attached hydrogens (tertiary/aromatic N) is 2. The molecule has 1 fully saturated rings. The van der Waals surface area contributed by atoms with E-state index in [0.717, 1.165) is 47.6 Å². The van der Waals surface area contributed by atoms with Crippen molar-refractivity contribution in [2.24, 2.45) is 0 Å². The lowest BCUT2D eigenvalue weighted by Gasteiger charge is -2.25. The summed E-state index contributed by atoms with van der Waals surface area (Å²) in [4.78, 5) is 18.3. The van der Waals surface area contributed by atoms with Crippen molar-refractivity contribution in [3.63, 3.8) is 0 Å². The van der Waals surface area contributed by atoms with E-state index in [-0.39, 0.29) is 18.4 Å². The molecule has 1 N–H and O–H groups in total. The number of aliphatic hydroxyl groups is 1. The summed E-state index contributed by atoms with van der Waals surface area (Å²) in [6, 6.07) is 16.3. The van der Waals surface area contributed by atoms with Gasteiger partial charge in [0.2, 0.25) is 0 Å². The van der Waals surface area contributed by atoms with Gasteiger partial charge in [0.25, 0.3) is 0 Å². The molecule has 3 aromatic rings. The van der Waals surface area contributed by atoms with Gasteiger partial charge in [0.15, 0.2) is 0 Å². The largest absolute Gasteiger partial charge is 0.491 e. The highest BCUT2D eigenvalue weighted by molar-refractivity contribution is 7.18. The van der Waals surface area contributed by atoms with E-state index in [1.807, 2.05) is 36.4 Å². The Balaban J connectivity index is 1.30. The van der Waals surface area contributed by atoms with Crippen molar-refractivity contribution in [1.82, 2.24) is 9.88 Å². The first kappa shape index (κ1) is 21.0. The summed E-state index contributed by atoms with van der Waals surface area (Å²) < 4.78 is 7.01. The van der Waals surface area contributed by atoms with Crippen molar-refractivity contribution in [3.05, 3.63) is 59.1 Å². The number of β-amino-alcohol motifs (C(OH)–C–C–N with tert-alkyl or cyclic N) is 1. The first-order chi connectivity index (χ1) is 14.6. The predicted octanol–water partition coefficient (Wildman–Crippen LogP) is 4.39. The van der Waals surface area contributed by atoms with Crippen molar-refractivity contribution in [1.29, 1.82) is 0 Å². The zero-order chi connectivity index (χ0) is 20.9. The Hall–Kier alpha value is -2.28. The Morgan fingerprint density at radius 1 is 1.27 bits per heavy atom. The van der Waals surface area contributed by atoms with Crippen LogP contribution < -0.4 is 4.74 Å². The van der Waals surface area contributed by atoms with Crippen molar-refractivity contribution in [2.75, 3.05) is 19.7 Å². The number of likely N-dealkylation sites (tertiary alicyclic amines) is 1. The molecule has 0 saturated carbocycles. The molecule has 0 radical (unpaired) electrons. The van der Waals surface area contributed by atoms with Crippen molar-refractivity contribution in [2.45, 2.75) is 44.8 Å². The Morgan fingerprint density at radius 3 is 2.83 bits per heavy atom. The van der Waals surface area contributed by atoms with E-state index in [4.69, 9.17) is 9.72 Å². The van der Waals surface area contributed by atoms with Crippen LogP contribution in [0.3, 0.4) is 0 Å². The van der Waals surface area contributed by atoms with Crippen LogP contribution >= 0.6 is 11.3 Å². The lowest BCUT2D eigenvalue weighted by Crippen LogP contribution is -2.35. The minimum Gasteiger partial charge on any atom is -0.491 e. The molecule has 1 aliphatic rings. The molecule has 2 heterocycles. The number of aryl methyl sites for hydroxylation is 1. The maximum Gasteiger partial charge on any atom is 0.130 e. The molecule has 0 bridgehead atoms. The highest BCUT2D eigenvalue weighted by atomic mass is 32.1. The molecule has 1 aromatic heterocycles. The molecule has 6 heteroatoms. The predicted molar refractivity (Wildman–Crippen MR) is 120 cm³/mol. The average Bonchev–Trinajstić information content (AvgIpc) is 3.37. The number of para-hydroxylation sites is 1. The normalized spacial score (nSPS) is 18.0. The molecule has 0 spiro atoms. The minimum absolute atomic E-state index is 0.199. The third kappa shape index (κ3) is 5.25. The molecule has 0 aliphatic carbocycles. The lowest BCUT2D eigenvalue weighted by molar-refractivity contribution is -0.116. The summed E-state index contributed by atoms with van der Waals surface area (Å²) in [6.45, 7) is 3.43. The monoisotopic (exact) mass is 424 g/mol. The van der Waals surface area contributed by atoms with Gasteiger partial charge in [-0.2, -0.15) is 0 Å². The number of ketones is 1. The highest BCUT2D eigenvalue weighted by Crippen LogP contribution is 2.36. The Labute approximate surface area is 181 Å².